The first kappa shape index (κ1) is 14.1. The molecule has 1 atom stereocenters. The summed E-state index contributed by atoms with van der Waals surface area (Å²) in [4.78, 5) is 8.98. The molecule has 0 bridgehead atoms. The normalized spacial score (nSPS) is 12.0. The topological polar surface area (TPSA) is 66.5 Å². The number of para-hydroxylation sites is 2. The Balaban J connectivity index is 1.99. The van der Waals surface area contributed by atoms with E-state index in [0.29, 0.717) is 11.4 Å². The molecule has 2 heterocycles. The van der Waals surface area contributed by atoms with Crippen LogP contribution in [0.5, 0.6) is 0 Å². The Hall–Kier alpha value is -2.87. The number of fused-ring (bicyclic) bond motifs is 1. The fraction of sp³-hybridized carbons (Fsp3) is 0.235. The smallest absolute Gasteiger partial charge is 0.144 e. The van der Waals surface area contributed by atoms with Crippen molar-refractivity contribution in [1.82, 2.24) is 14.5 Å². The molecule has 3 rings (SSSR count). The largest absolute Gasteiger partial charge is 0.359 e. The van der Waals surface area contributed by atoms with E-state index in [1.807, 2.05) is 25.1 Å². The van der Waals surface area contributed by atoms with Crippen LogP contribution in [0.4, 0.5) is 5.82 Å². The highest BCUT2D eigenvalue weighted by atomic mass is 15.1. The van der Waals surface area contributed by atoms with Crippen molar-refractivity contribution >= 4 is 16.9 Å². The fourth-order valence-electron chi connectivity index (χ4n) is 2.64. The zero-order valence-electron chi connectivity index (χ0n) is 12.6. The van der Waals surface area contributed by atoms with Gasteiger partial charge in [0.15, 0.2) is 0 Å². The van der Waals surface area contributed by atoms with Crippen LogP contribution in [-0.4, -0.2) is 14.5 Å². The maximum Gasteiger partial charge on any atom is 0.144 e. The van der Waals surface area contributed by atoms with E-state index in [-0.39, 0.29) is 6.04 Å². The number of aromatic nitrogens is 3. The highest BCUT2D eigenvalue weighted by Crippen LogP contribution is 2.24. The summed E-state index contributed by atoms with van der Waals surface area (Å²) in [6.07, 6.45) is 1.68. The summed E-state index contributed by atoms with van der Waals surface area (Å²) in [7, 11) is 0. The molecular formula is C17H17N5. The molecular weight excluding hydrogens is 274 g/mol. The van der Waals surface area contributed by atoms with Crippen LogP contribution < -0.4 is 5.32 Å². The van der Waals surface area contributed by atoms with Gasteiger partial charge >= 0.3 is 0 Å². The number of benzene rings is 1. The number of anilines is 1. The molecule has 0 saturated heterocycles. The van der Waals surface area contributed by atoms with Crippen LogP contribution in [0.25, 0.3) is 11.0 Å². The minimum absolute atomic E-state index is 0.0469. The lowest BCUT2D eigenvalue weighted by molar-refractivity contribution is 0.672. The quantitative estimate of drug-likeness (QED) is 0.799. The molecule has 2 aromatic heterocycles. The molecule has 0 aliphatic carbocycles. The average Bonchev–Trinajstić information content (AvgIpc) is 2.94. The van der Waals surface area contributed by atoms with Gasteiger partial charge in [-0.3, -0.25) is 0 Å². The van der Waals surface area contributed by atoms with Gasteiger partial charge in [-0.05, 0) is 38.1 Å². The van der Waals surface area contributed by atoms with Crippen molar-refractivity contribution in [1.29, 1.82) is 5.26 Å². The molecule has 0 amide bonds. The molecule has 3 aromatic rings. The Morgan fingerprint density at radius 2 is 2.09 bits per heavy atom. The molecule has 1 aromatic carbocycles. The molecule has 1 N–H and O–H groups in total. The van der Waals surface area contributed by atoms with E-state index in [1.54, 1.807) is 18.3 Å². The molecule has 22 heavy (non-hydrogen) atoms. The standard InChI is InChI=1S/C17H17N5/c1-3-22-15-9-5-4-8-14(15)21-17(22)12(2)20-16-13(11-18)7-6-10-19-16/h4-10,12H,3H2,1-2H3,(H,19,20). The Labute approximate surface area is 129 Å². The molecule has 0 spiro atoms. The van der Waals surface area contributed by atoms with E-state index in [2.05, 4.69) is 33.9 Å². The minimum atomic E-state index is -0.0469. The van der Waals surface area contributed by atoms with E-state index in [0.717, 1.165) is 23.4 Å². The Kier molecular flexibility index (Phi) is 3.75. The number of imidazole rings is 1. The summed E-state index contributed by atoms with van der Waals surface area (Å²) in [5, 5.41) is 12.5. The highest BCUT2D eigenvalue weighted by Gasteiger charge is 2.17. The monoisotopic (exact) mass is 291 g/mol. The summed E-state index contributed by atoms with van der Waals surface area (Å²) in [5.41, 5.74) is 2.64. The van der Waals surface area contributed by atoms with Gasteiger partial charge in [0.2, 0.25) is 0 Å². The van der Waals surface area contributed by atoms with E-state index < -0.39 is 0 Å². The first-order chi connectivity index (χ1) is 10.7. The van der Waals surface area contributed by atoms with Crippen molar-refractivity contribution in [3.05, 3.63) is 54.0 Å². The molecule has 5 nitrogen and oxygen atoms in total. The van der Waals surface area contributed by atoms with E-state index in [1.165, 1.54) is 0 Å². The van der Waals surface area contributed by atoms with Gasteiger partial charge in [-0.1, -0.05) is 12.1 Å². The van der Waals surface area contributed by atoms with Crippen molar-refractivity contribution in [3.63, 3.8) is 0 Å². The van der Waals surface area contributed by atoms with Gasteiger partial charge in [0, 0.05) is 12.7 Å². The van der Waals surface area contributed by atoms with Crippen LogP contribution in [0.2, 0.25) is 0 Å². The second-order valence-corrected chi connectivity index (χ2v) is 5.08. The van der Waals surface area contributed by atoms with Gasteiger partial charge in [0.1, 0.15) is 17.7 Å². The van der Waals surface area contributed by atoms with E-state index in [9.17, 15) is 0 Å². The molecule has 0 aliphatic rings. The van der Waals surface area contributed by atoms with Gasteiger partial charge in [-0.15, -0.1) is 0 Å². The summed E-state index contributed by atoms with van der Waals surface area (Å²) >= 11 is 0. The maximum absolute atomic E-state index is 9.17. The SMILES string of the molecule is CCn1c(C(C)Nc2ncccc2C#N)nc2ccccc21. The summed E-state index contributed by atoms with van der Waals surface area (Å²) in [6.45, 7) is 4.98. The number of nitrogens with one attached hydrogen (secondary N) is 1. The first-order valence-electron chi connectivity index (χ1n) is 7.31. The van der Waals surface area contributed by atoms with Crippen LogP contribution in [-0.2, 0) is 6.54 Å². The van der Waals surface area contributed by atoms with E-state index >= 15 is 0 Å². The zero-order chi connectivity index (χ0) is 15.5. The van der Waals surface area contributed by atoms with Crippen LogP contribution in [0.1, 0.15) is 31.3 Å². The number of hydrogen-bond donors (Lipinski definition) is 1. The van der Waals surface area contributed by atoms with Gasteiger partial charge < -0.3 is 9.88 Å². The van der Waals surface area contributed by atoms with Gasteiger partial charge in [0.25, 0.3) is 0 Å². The van der Waals surface area contributed by atoms with Crippen LogP contribution in [0.15, 0.2) is 42.6 Å². The Morgan fingerprint density at radius 3 is 2.86 bits per heavy atom. The number of nitrogens with zero attached hydrogens (tertiary/aromatic N) is 4. The Morgan fingerprint density at radius 1 is 1.27 bits per heavy atom. The number of aryl methyl sites for hydroxylation is 1. The minimum Gasteiger partial charge on any atom is -0.359 e. The summed E-state index contributed by atoms with van der Waals surface area (Å²) in [6, 6.07) is 13.7. The fourth-order valence-corrected chi connectivity index (χ4v) is 2.64. The molecule has 0 aliphatic heterocycles. The molecule has 5 heteroatoms. The van der Waals surface area contributed by atoms with E-state index in [4.69, 9.17) is 10.2 Å². The average molecular weight is 291 g/mol. The van der Waals surface area contributed by atoms with Gasteiger partial charge in [-0.25, -0.2) is 9.97 Å². The third-order valence-electron chi connectivity index (χ3n) is 3.67. The number of nitriles is 1. The lowest BCUT2D eigenvalue weighted by Gasteiger charge is -2.16. The van der Waals surface area contributed by atoms with Crippen molar-refractivity contribution in [2.24, 2.45) is 0 Å². The molecule has 0 fully saturated rings. The predicted octanol–water partition coefficient (Wildman–Crippen LogP) is 3.50. The van der Waals surface area contributed by atoms with Crippen molar-refractivity contribution in [2.75, 3.05) is 5.32 Å². The summed E-state index contributed by atoms with van der Waals surface area (Å²) in [5.74, 6) is 1.53. The molecule has 110 valence electrons. The molecule has 0 saturated carbocycles. The first-order valence-corrected chi connectivity index (χ1v) is 7.31. The van der Waals surface area contributed by atoms with Crippen molar-refractivity contribution < 1.29 is 0 Å². The second kappa shape index (κ2) is 5.86. The third-order valence-corrected chi connectivity index (χ3v) is 3.67. The number of pyridine rings is 1. The van der Waals surface area contributed by atoms with Crippen LogP contribution >= 0.6 is 0 Å². The molecule has 1 unspecified atom stereocenters. The van der Waals surface area contributed by atoms with Crippen molar-refractivity contribution in [2.45, 2.75) is 26.4 Å². The van der Waals surface area contributed by atoms with Crippen LogP contribution in [0, 0.1) is 11.3 Å². The number of rotatable bonds is 4. The van der Waals surface area contributed by atoms with Gasteiger partial charge in [0.05, 0.1) is 22.6 Å². The second-order valence-electron chi connectivity index (χ2n) is 5.08. The predicted molar refractivity (Wildman–Crippen MR) is 86.4 cm³/mol. The molecule has 0 radical (unpaired) electrons. The Bertz CT molecular complexity index is 844. The zero-order valence-corrected chi connectivity index (χ0v) is 12.6. The lowest BCUT2D eigenvalue weighted by Crippen LogP contribution is -2.14. The summed E-state index contributed by atoms with van der Waals surface area (Å²) < 4.78 is 2.18. The van der Waals surface area contributed by atoms with Crippen molar-refractivity contribution in [3.8, 4) is 6.07 Å². The highest BCUT2D eigenvalue weighted by molar-refractivity contribution is 5.76. The number of hydrogen-bond acceptors (Lipinski definition) is 4. The van der Waals surface area contributed by atoms with Gasteiger partial charge in [-0.2, -0.15) is 5.26 Å². The lowest BCUT2D eigenvalue weighted by atomic mass is 10.2. The van der Waals surface area contributed by atoms with Crippen LogP contribution in [0.3, 0.4) is 0 Å². The maximum atomic E-state index is 9.17. The third kappa shape index (κ3) is 2.40.